The number of aromatic nitrogens is 2. The van der Waals surface area contributed by atoms with E-state index in [1.165, 1.54) is 24.7 Å². The lowest BCUT2D eigenvalue weighted by atomic mass is 9.72. The SMILES string of the molecule is Cn1c(C(=O)NC[C@H]2[C@@H]3CNC[C@@H](C3)[C@@H]3CCCC(=O)N32)cc(=O)n(C)c1=O. The minimum absolute atomic E-state index is 0.0325. The Labute approximate surface area is 162 Å². The molecule has 0 radical (unpaired) electrons. The molecule has 0 spiro atoms. The molecule has 0 unspecified atom stereocenters. The molecule has 0 saturated carbocycles. The minimum atomic E-state index is -0.541. The first-order chi connectivity index (χ1) is 13.4. The molecule has 4 atom stereocenters. The van der Waals surface area contributed by atoms with E-state index < -0.39 is 17.2 Å². The van der Waals surface area contributed by atoms with Crippen molar-refractivity contribution in [2.24, 2.45) is 25.9 Å². The van der Waals surface area contributed by atoms with Gasteiger partial charge >= 0.3 is 5.69 Å². The van der Waals surface area contributed by atoms with Crippen molar-refractivity contribution in [3.8, 4) is 0 Å². The molecule has 2 amide bonds. The van der Waals surface area contributed by atoms with Gasteiger partial charge in [-0.05, 0) is 37.6 Å². The summed E-state index contributed by atoms with van der Waals surface area (Å²) in [5.41, 5.74) is -1.03. The molecule has 3 aliphatic heterocycles. The summed E-state index contributed by atoms with van der Waals surface area (Å²) in [4.78, 5) is 51.4. The van der Waals surface area contributed by atoms with Gasteiger partial charge in [-0.3, -0.25) is 23.5 Å². The lowest BCUT2D eigenvalue weighted by Crippen LogP contribution is -2.66. The second-order valence-corrected chi connectivity index (χ2v) is 8.22. The van der Waals surface area contributed by atoms with Crippen molar-refractivity contribution in [1.82, 2.24) is 24.7 Å². The van der Waals surface area contributed by atoms with Crippen molar-refractivity contribution in [3.05, 3.63) is 32.6 Å². The van der Waals surface area contributed by atoms with Gasteiger partial charge in [0, 0.05) is 45.7 Å². The molecular formula is C19H27N5O4. The van der Waals surface area contributed by atoms with Gasteiger partial charge in [-0.15, -0.1) is 0 Å². The summed E-state index contributed by atoms with van der Waals surface area (Å²) in [6, 6.07) is 1.35. The molecule has 4 heterocycles. The fourth-order valence-electron chi connectivity index (χ4n) is 5.14. The number of hydrogen-bond acceptors (Lipinski definition) is 5. The largest absolute Gasteiger partial charge is 0.349 e. The van der Waals surface area contributed by atoms with E-state index in [9.17, 15) is 19.2 Å². The number of carbonyl (C=O) groups is 2. The summed E-state index contributed by atoms with van der Waals surface area (Å²) >= 11 is 0. The van der Waals surface area contributed by atoms with E-state index in [-0.39, 0.29) is 23.7 Å². The molecule has 9 heteroatoms. The van der Waals surface area contributed by atoms with Crippen LogP contribution in [0.4, 0.5) is 0 Å². The smallest absolute Gasteiger partial charge is 0.331 e. The molecule has 0 aliphatic carbocycles. The number of rotatable bonds is 3. The maximum Gasteiger partial charge on any atom is 0.331 e. The normalized spacial score (nSPS) is 29.4. The summed E-state index contributed by atoms with van der Waals surface area (Å²) in [5, 5.41) is 6.35. The Hall–Kier alpha value is -2.42. The number of fused-ring (bicyclic) bond motifs is 4. The summed E-state index contributed by atoms with van der Waals surface area (Å²) in [6.07, 6.45) is 3.57. The van der Waals surface area contributed by atoms with Gasteiger partial charge in [0.15, 0.2) is 0 Å². The monoisotopic (exact) mass is 389 g/mol. The summed E-state index contributed by atoms with van der Waals surface area (Å²) < 4.78 is 2.13. The van der Waals surface area contributed by atoms with E-state index in [0.717, 1.165) is 36.9 Å². The maximum absolute atomic E-state index is 12.7. The number of piperidine rings is 3. The molecule has 2 N–H and O–H groups in total. The van der Waals surface area contributed by atoms with Crippen LogP contribution in [0.25, 0.3) is 0 Å². The molecular weight excluding hydrogens is 362 g/mol. The molecule has 3 aliphatic rings. The van der Waals surface area contributed by atoms with Crippen molar-refractivity contribution in [2.75, 3.05) is 19.6 Å². The first-order valence-electron chi connectivity index (χ1n) is 9.95. The van der Waals surface area contributed by atoms with Gasteiger partial charge in [0.2, 0.25) is 5.91 Å². The van der Waals surface area contributed by atoms with Crippen LogP contribution in [0.3, 0.4) is 0 Å². The van der Waals surface area contributed by atoms with Crippen LogP contribution in [-0.2, 0) is 18.9 Å². The van der Waals surface area contributed by atoms with Gasteiger partial charge in [0.1, 0.15) is 5.69 Å². The van der Waals surface area contributed by atoms with E-state index in [0.29, 0.717) is 24.8 Å². The average molecular weight is 389 g/mol. The van der Waals surface area contributed by atoms with Crippen molar-refractivity contribution in [2.45, 2.75) is 37.8 Å². The summed E-state index contributed by atoms with van der Waals surface area (Å²) in [5.74, 6) is 0.481. The van der Waals surface area contributed by atoms with E-state index >= 15 is 0 Å². The third kappa shape index (κ3) is 3.07. The van der Waals surface area contributed by atoms with Gasteiger partial charge in [-0.1, -0.05) is 0 Å². The fourth-order valence-corrected chi connectivity index (χ4v) is 5.14. The Morgan fingerprint density at radius 1 is 1.18 bits per heavy atom. The van der Waals surface area contributed by atoms with Crippen LogP contribution in [0.5, 0.6) is 0 Å². The molecule has 2 bridgehead atoms. The Balaban J connectivity index is 1.55. The highest BCUT2D eigenvalue weighted by Crippen LogP contribution is 2.39. The summed E-state index contributed by atoms with van der Waals surface area (Å²) in [7, 11) is 2.85. The molecule has 3 saturated heterocycles. The van der Waals surface area contributed by atoms with Gasteiger partial charge in [-0.25, -0.2) is 4.79 Å². The molecule has 152 valence electrons. The zero-order valence-corrected chi connectivity index (χ0v) is 16.3. The third-order valence-electron chi connectivity index (χ3n) is 6.63. The Kier molecular flexibility index (Phi) is 4.86. The first kappa shape index (κ1) is 18.9. The Morgan fingerprint density at radius 3 is 2.71 bits per heavy atom. The molecule has 4 rings (SSSR count). The lowest BCUT2D eigenvalue weighted by Gasteiger charge is -2.54. The molecule has 1 aromatic heterocycles. The Bertz CT molecular complexity index is 920. The topological polar surface area (TPSA) is 105 Å². The van der Waals surface area contributed by atoms with Crippen molar-refractivity contribution in [3.63, 3.8) is 0 Å². The highest BCUT2D eigenvalue weighted by molar-refractivity contribution is 5.92. The molecule has 0 aromatic carbocycles. The van der Waals surface area contributed by atoms with Crippen LogP contribution >= 0.6 is 0 Å². The fraction of sp³-hybridized carbons (Fsp3) is 0.684. The van der Waals surface area contributed by atoms with Crippen LogP contribution in [0.15, 0.2) is 15.7 Å². The molecule has 28 heavy (non-hydrogen) atoms. The van der Waals surface area contributed by atoms with Gasteiger partial charge < -0.3 is 15.5 Å². The highest BCUT2D eigenvalue weighted by Gasteiger charge is 2.47. The van der Waals surface area contributed by atoms with Crippen LogP contribution in [0.1, 0.15) is 36.2 Å². The highest BCUT2D eigenvalue weighted by atomic mass is 16.2. The minimum Gasteiger partial charge on any atom is -0.349 e. The van der Waals surface area contributed by atoms with Crippen molar-refractivity contribution < 1.29 is 9.59 Å². The van der Waals surface area contributed by atoms with E-state index in [2.05, 4.69) is 10.6 Å². The second-order valence-electron chi connectivity index (χ2n) is 8.22. The van der Waals surface area contributed by atoms with Gasteiger partial charge in [-0.2, -0.15) is 0 Å². The van der Waals surface area contributed by atoms with E-state index in [1.807, 2.05) is 4.90 Å². The number of amides is 2. The number of hydrogen-bond donors (Lipinski definition) is 2. The second kappa shape index (κ2) is 7.20. The zero-order chi connectivity index (χ0) is 20.0. The zero-order valence-electron chi connectivity index (χ0n) is 16.3. The number of nitrogens with one attached hydrogen (secondary N) is 2. The van der Waals surface area contributed by atoms with Crippen LogP contribution in [0.2, 0.25) is 0 Å². The molecule has 1 aromatic rings. The van der Waals surface area contributed by atoms with Gasteiger partial charge in [0.05, 0.1) is 6.04 Å². The third-order valence-corrected chi connectivity index (χ3v) is 6.63. The first-order valence-corrected chi connectivity index (χ1v) is 9.95. The summed E-state index contributed by atoms with van der Waals surface area (Å²) in [6.45, 7) is 2.10. The van der Waals surface area contributed by atoms with Crippen LogP contribution < -0.4 is 21.9 Å². The maximum atomic E-state index is 12.7. The predicted molar refractivity (Wildman–Crippen MR) is 102 cm³/mol. The average Bonchev–Trinajstić information content (AvgIpc) is 2.69. The number of nitrogens with zero attached hydrogens (tertiary/aromatic N) is 3. The van der Waals surface area contributed by atoms with Crippen molar-refractivity contribution in [1.29, 1.82) is 0 Å². The molecule has 3 fully saturated rings. The standard InChI is InChI=1S/C19H27N5O4/c1-22-14(7-17(26)23(2)19(22)28)18(27)21-10-15-12-6-11(8-20-9-12)13-4-3-5-16(25)24(13)15/h7,11-13,15,20H,3-6,8-10H2,1-2H3,(H,21,27)/t11-,12+,13+,15+/m1/s1. The van der Waals surface area contributed by atoms with Crippen molar-refractivity contribution >= 4 is 11.8 Å². The number of carbonyl (C=O) groups excluding carboxylic acids is 2. The van der Waals surface area contributed by atoms with E-state index in [4.69, 9.17) is 0 Å². The van der Waals surface area contributed by atoms with Gasteiger partial charge in [0.25, 0.3) is 11.5 Å². The lowest BCUT2D eigenvalue weighted by molar-refractivity contribution is -0.148. The quantitative estimate of drug-likeness (QED) is 0.676. The van der Waals surface area contributed by atoms with Crippen LogP contribution in [0, 0.1) is 11.8 Å². The van der Waals surface area contributed by atoms with E-state index in [1.54, 1.807) is 0 Å². The molecule has 9 nitrogen and oxygen atoms in total. The predicted octanol–water partition coefficient (Wildman–Crippen LogP) is -1.20. The van der Waals surface area contributed by atoms with Crippen LogP contribution in [-0.4, -0.2) is 57.6 Å². The Morgan fingerprint density at radius 2 is 1.93 bits per heavy atom.